The van der Waals surface area contributed by atoms with Gasteiger partial charge in [0.15, 0.2) is 6.61 Å². The van der Waals surface area contributed by atoms with E-state index in [0.717, 1.165) is 16.2 Å². The minimum atomic E-state index is -0.729. The molecule has 0 aliphatic carbocycles. The molecular weight excluding hydrogens is 542 g/mol. The summed E-state index contributed by atoms with van der Waals surface area (Å²) in [6.07, 6.45) is -0.228. The summed E-state index contributed by atoms with van der Waals surface area (Å²) in [5.74, 6) is -2.91. The normalized spacial score (nSPS) is 14.0. The van der Waals surface area contributed by atoms with Gasteiger partial charge < -0.3 is 25.4 Å². The molecule has 0 saturated heterocycles. The van der Waals surface area contributed by atoms with E-state index < -0.39 is 35.6 Å². The number of para-hydroxylation sites is 2. The maximum Gasteiger partial charge on any atom is 0.341 e. The van der Waals surface area contributed by atoms with Crippen LogP contribution in [0.4, 0.5) is 16.4 Å². The molecule has 3 aromatic rings. The Kier molecular flexibility index (Phi) is 8.99. The highest BCUT2D eigenvalue weighted by molar-refractivity contribution is 8.01. The number of hydrogen-bond donors (Lipinski definition) is 3. The van der Waals surface area contributed by atoms with E-state index in [1.807, 2.05) is 18.2 Å². The van der Waals surface area contributed by atoms with E-state index in [-0.39, 0.29) is 34.4 Å². The van der Waals surface area contributed by atoms with Crippen LogP contribution in [0.5, 0.6) is 0 Å². The molecule has 0 radical (unpaired) electrons. The number of anilines is 3. The lowest BCUT2D eigenvalue weighted by Gasteiger charge is -2.23. The molecule has 39 heavy (non-hydrogen) atoms. The molecular formula is C27H25N3O7S2. The Labute approximate surface area is 232 Å². The van der Waals surface area contributed by atoms with Gasteiger partial charge in [-0.2, -0.15) is 0 Å². The zero-order valence-corrected chi connectivity index (χ0v) is 22.7. The van der Waals surface area contributed by atoms with Crippen LogP contribution in [0.1, 0.15) is 38.9 Å². The highest BCUT2D eigenvalue weighted by Crippen LogP contribution is 2.37. The van der Waals surface area contributed by atoms with Crippen LogP contribution in [0.25, 0.3) is 0 Å². The van der Waals surface area contributed by atoms with E-state index in [1.165, 1.54) is 11.8 Å². The highest BCUT2D eigenvalue weighted by atomic mass is 32.2. The lowest BCUT2D eigenvalue weighted by molar-refractivity contribution is -0.147. The van der Waals surface area contributed by atoms with Crippen molar-refractivity contribution in [1.82, 2.24) is 0 Å². The molecule has 3 N–H and O–H groups in total. The first-order chi connectivity index (χ1) is 18.8. The minimum Gasteiger partial charge on any atom is -0.462 e. The molecule has 2 aromatic carbocycles. The van der Waals surface area contributed by atoms with E-state index in [4.69, 9.17) is 9.47 Å². The maximum absolute atomic E-state index is 12.9. The number of carbonyl (C=O) groups is 5. The largest absolute Gasteiger partial charge is 0.462 e. The van der Waals surface area contributed by atoms with Crippen LogP contribution in [0.15, 0.2) is 59.5 Å². The number of rotatable bonds is 9. The van der Waals surface area contributed by atoms with Crippen LogP contribution in [-0.4, -0.2) is 48.1 Å². The van der Waals surface area contributed by atoms with Crippen LogP contribution in [0, 0.1) is 6.92 Å². The molecule has 1 aliphatic heterocycles. The molecule has 0 bridgehead atoms. The summed E-state index contributed by atoms with van der Waals surface area (Å²) >= 11 is 2.16. The average Bonchev–Trinajstić information content (AvgIpc) is 3.24. The summed E-state index contributed by atoms with van der Waals surface area (Å²) in [6.45, 7) is 2.69. The fourth-order valence-electron chi connectivity index (χ4n) is 3.72. The molecule has 1 atom stereocenters. The molecule has 0 spiro atoms. The number of hydrogen-bond acceptors (Lipinski definition) is 9. The van der Waals surface area contributed by atoms with E-state index in [1.54, 1.807) is 50.2 Å². The van der Waals surface area contributed by atoms with Crippen molar-refractivity contribution >= 4 is 69.1 Å². The molecule has 0 fully saturated rings. The number of esters is 2. The minimum absolute atomic E-state index is 0.0497. The van der Waals surface area contributed by atoms with E-state index in [0.29, 0.717) is 16.9 Å². The van der Waals surface area contributed by atoms with Gasteiger partial charge >= 0.3 is 11.9 Å². The zero-order valence-electron chi connectivity index (χ0n) is 21.1. The number of ether oxygens (including phenoxy) is 2. The van der Waals surface area contributed by atoms with E-state index >= 15 is 0 Å². The van der Waals surface area contributed by atoms with Crippen molar-refractivity contribution in [3.05, 3.63) is 70.6 Å². The number of benzene rings is 2. The third kappa shape index (κ3) is 6.84. The molecule has 3 amide bonds. The Hall–Kier alpha value is -4.16. The first-order valence-electron chi connectivity index (χ1n) is 12.0. The topological polar surface area (TPSA) is 140 Å². The van der Waals surface area contributed by atoms with Gasteiger partial charge in [-0.25, -0.2) is 4.79 Å². The average molecular weight is 568 g/mol. The fraction of sp³-hybridized carbons (Fsp3) is 0.222. The SMILES string of the molecule is CCOC(=O)c1c(NC(=O)COC(=O)C[C@H]2Sc3ccccc3NC2=O)sc(C(=O)Nc2ccccc2)c1C. The first kappa shape index (κ1) is 27.9. The number of thioether (sulfide) groups is 1. The van der Waals surface area contributed by atoms with Gasteiger partial charge in [0, 0.05) is 10.6 Å². The zero-order chi connectivity index (χ0) is 27.9. The smallest absolute Gasteiger partial charge is 0.341 e. The predicted octanol–water partition coefficient (Wildman–Crippen LogP) is 4.47. The van der Waals surface area contributed by atoms with Crippen molar-refractivity contribution in [2.24, 2.45) is 0 Å². The van der Waals surface area contributed by atoms with Crippen molar-refractivity contribution in [1.29, 1.82) is 0 Å². The molecule has 2 heterocycles. The van der Waals surface area contributed by atoms with Crippen molar-refractivity contribution in [3.63, 3.8) is 0 Å². The summed E-state index contributed by atoms with van der Waals surface area (Å²) in [4.78, 5) is 64.0. The summed E-state index contributed by atoms with van der Waals surface area (Å²) < 4.78 is 10.2. The summed E-state index contributed by atoms with van der Waals surface area (Å²) in [6, 6.07) is 16.0. The predicted molar refractivity (Wildman–Crippen MR) is 148 cm³/mol. The third-order valence-corrected chi connectivity index (χ3v) is 8.02. The number of nitrogens with one attached hydrogen (secondary N) is 3. The Morgan fingerprint density at radius 1 is 0.974 bits per heavy atom. The summed E-state index contributed by atoms with van der Waals surface area (Å²) in [5, 5.41) is 7.46. The molecule has 12 heteroatoms. The highest BCUT2D eigenvalue weighted by Gasteiger charge is 2.30. The van der Waals surface area contributed by atoms with Crippen molar-refractivity contribution in [2.75, 3.05) is 29.2 Å². The van der Waals surface area contributed by atoms with Crippen LogP contribution in [0.2, 0.25) is 0 Å². The van der Waals surface area contributed by atoms with Crippen molar-refractivity contribution in [3.8, 4) is 0 Å². The molecule has 0 saturated carbocycles. The Morgan fingerprint density at radius 3 is 2.44 bits per heavy atom. The molecule has 1 aromatic heterocycles. The van der Waals surface area contributed by atoms with Crippen LogP contribution >= 0.6 is 23.1 Å². The first-order valence-corrected chi connectivity index (χ1v) is 13.6. The van der Waals surface area contributed by atoms with Gasteiger partial charge in [-0.3, -0.25) is 19.2 Å². The molecule has 0 unspecified atom stereocenters. The Morgan fingerprint density at radius 2 is 1.69 bits per heavy atom. The monoisotopic (exact) mass is 567 g/mol. The fourth-order valence-corrected chi connectivity index (χ4v) is 5.92. The van der Waals surface area contributed by atoms with Gasteiger partial charge in [-0.05, 0) is 43.7 Å². The van der Waals surface area contributed by atoms with Crippen LogP contribution in [-0.2, 0) is 23.9 Å². The van der Waals surface area contributed by atoms with Crippen molar-refractivity contribution in [2.45, 2.75) is 30.4 Å². The lowest BCUT2D eigenvalue weighted by Crippen LogP contribution is -2.32. The van der Waals surface area contributed by atoms with Gasteiger partial charge in [0.2, 0.25) is 5.91 Å². The molecule has 202 valence electrons. The number of thiophene rings is 1. The second kappa shape index (κ2) is 12.6. The van der Waals surface area contributed by atoms with Crippen LogP contribution in [0.3, 0.4) is 0 Å². The van der Waals surface area contributed by atoms with Gasteiger partial charge in [0.25, 0.3) is 11.8 Å². The van der Waals surface area contributed by atoms with E-state index in [9.17, 15) is 24.0 Å². The maximum atomic E-state index is 12.9. The quantitative estimate of drug-likeness (QED) is 0.322. The van der Waals surface area contributed by atoms with E-state index in [2.05, 4.69) is 16.0 Å². The number of carbonyl (C=O) groups excluding carboxylic acids is 5. The number of fused-ring (bicyclic) bond motifs is 1. The summed E-state index contributed by atoms with van der Waals surface area (Å²) in [5.41, 5.74) is 1.64. The molecule has 4 rings (SSSR count). The van der Waals surface area contributed by atoms with Gasteiger partial charge in [0.1, 0.15) is 5.00 Å². The second-order valence-electron chi connectivity index (χ2n) is 8.31. The lowest BCUT2D eigenvalue weighted by atomic mass is 10.1. The van der Waals surface area contributed by atoms with Gasteiger partial charge in [0.05, 0.1) is 34.4 Å². The Bertz CT molecular complexity index is 1420. The van der Waals surface area contributed by atoms with Gasteiger partial charge in [-0.15, -0.1) is 23.1 Å². The molecule has 10 nitrogen and oxygen atoms in total. The van der Waals surface area contributed by atoms with Crippen molar-refractivity contribution < 1.29 is 33.4 Å². The number of amides is 3. The standard InChI is InChI=1S/C27H25N3O7S2/c1-3-36-27(35)22-15(2)23(25(34)28-16-9-5-4-6-10-16)39-26(22)30-20(31)14-37-21(32)13-19-24(33)29-17-11-7-8-12-18(17)38-19/h4-12,19H,3,13-14H2,1-2H3,(H,28,34)(H,29,33)(H,30,31)/t19-/m1/s1. The summed E-state index contributed by atoms with van der Waals surface area (Å²) in [7, 11) is 0. The molecule has 1 aliphatic rings. The Balaban J connectivity index is 1.40. The third-order valence-electron chi connectivity index (χ3n) is 5.54. The van der Waals surface area contributed by atoms with Gasteiger partial charge in [-0.1, -0.05) is 30.3 Å². The van der Waals surface area contributed by atoms with Crippen LogP contribution < -0.4 is 16.0 Å². The second-order valence-corrected chi connectivity index (χ2v) is 10.6.